The fraction of sp³-hybridized carbons (Fsp3) is 0.769. The third-order valence-corrected chi connectivity index (χ3v) is 3.31. The first-order chi connectivity index (χ1) is 10.8. The Kier molecular flexibility index (Phi) is 7.36. The Labute approximate surface area is 132 Å². The first-order valence-electron chi connectivity index (χ1n) is 6.96. The minimum Gasteiger partial charge on any atom is -0.463 e. The van der Waals surface area contributed by atoms with E-state index >= 15 is 0 Å². The van der Waals surface area contributed by atoms with Crippen LogP contribution in [-0.2, 0) is 38.5 Å². The quantitative estimate of drug-likeness (QED) is 0.384. The molecule has 0 radical (unpaired) electrons. The summed E-state index contributed by atoms with van der Waals surface area (Å²) >= 11 is 0. The second kappa shape index (κ2) is 8.77. The van der Waals surface area contributed by atoms with Gasteiger partial charge in [0.25, 0.3) is 0 Å². The second-order valence-corrected chi connectivity index (χ2v) is 5.18. The van der Waals surface area contributed by atoms with Crippen LogP contribution in [0.4, 0.5) is 0 Å². The molecule has 0 aliphatic carbocycles. The number of ether oxygens (including phenoxy) is 3. The van der Waals surface area contributed by atoms with Crippen LogP contribution in [0.1, 0.15) is 27.7 Å². The van der Waals surface area contributed by atoms with E-state index in [1.807, 2.05) is 0 Å². The maximum absolute atomic E-state index is 11.4. The van der Waals surface area contributed by atoms with E-state index in [1.54, 1.807) is 6.92 Å². The van der Waals surface area contributed by atoms with Crippen molar-refractivity contribution in [2.45, 2.75) is 52.2 Å². The van der Waals surface area contributed by atoms with E-state index in [0.717, 1.165) is 0 Å². The van der Waals surface area contributed by atoms with Crippen molar-refractivity contribution in [3.63, 3.8) is 0 Å². The number of rotatable bonds is 6. The predicted octanol–water partition coefficient (Wildman–Crippen LogP) is -0.232. The van der Waals surface area contributed by atoms with Crippen LogP contribution in [0.25, 0.3) is 0 Å². The van der Waals surface area contributed by atoms with Crippen molar-refractivity contribution in [1.29, 1.82) is 0 Å². The van der Waals surface area contributed by atoms with Crippen molar-refractivity contribution >= 4 is 17.8 Å². The van der Waals surface area contributed by atoms with Gasteiger partial charge >= 0.3 is 11.9 Å². The zero-order valence-corrected chi connectivity index (χ0v) is 13.3. The number of hydrogen-bond donors (Lipinski definition) is 2. The van der Waals surface area contributed by atoms with Gasteiger partial charge in [0.05, 0.1) is 6.04 Å². The van der Waals surface area contributed by atoms with Crippen LogP contribution in [0, 0.1) is 5.92 Å². The molecule has 5 atom stereocenters. The first-order valence-corrected chi connectivity index (χ1v) is 6.96. The molecule has 0 aromatic heterocycles. The van der Waals surface area contributed by atoms with E-state index in [1.165, 1.54) is 20.8 Å². The van der Waals surface area contributed by atoms with Crippen LogP contribution >= 0.6 is 0 Å². The van der Waals surface area contributed by atoms with E-state index in [-0.39, 0.29) is 12.5 Å². The van der Waals surface area contributed by atoms with E-state index < -0.39 is 42.4 Å². The lowest BCUT2D eigenvalue weighted by Gasteiger charge is -2.43. The molecule has 1 aliphatic rings. The topological polar surface area (TPSA) is 130 Å². The van der Waals surface area contributed by atoms with Crippen LogP contribution in [0.15, 0.2) is 0 Å². The summed E-state index contributed by atoms with van der Waals surface area (Å²) in [6.45, 7) is 5.16. The number of nitrogens with one attached hydrogen (secondary N) is 1. The van der Waals surface area contributed by atoms with Gasteiger partial charge in [0.2, 0.25) is 12.2 Å². The molecule has 132 valence electrons. The highest BCUT2D eigenvalue weighted by molar-refractivity contribution is 5.73. The van der Waals surface area contributed by atoms with Gasteiger partial charge in [0.15, 0.2) is 0 Å². The first kappa shape index (κ1) is 19.3. The zero-order chi connectivity index (χ0) is 17.6. The number of hydrogen-bond acceptors (Lipinski definition) is 9. The molecule has 1 saturated heterocycles. The fourth-order valence-electron chi connectivity index (χ4n) is 2.36. The van der Waals surface area contributed by atoms with Crippen LogP contribution in [0.2, 0.25) is 0 Å². The fourth-order valence-corrected chi connectivity index (χ4v) is 2.36. The molecule has 0 saturated carbocycles. The van der Waals surface area contributed by atoms with Crippen LogP contribution in [0.5, 0.6) is 0 Å². The van der Waals surface area contributed by atoms with Gasteiger partial charge in [-0.25, -0.2) is 5.26 Å². The molecule has 0 bridgehead atoms. The molecule has 1 amide bonds. The average molecular weight is 335 g/mol. The standard InChI is InChI=1S/C13H21NO9/c1-6-11(14-7(2)15)13(20-9(4)17)21-10(5-19-8(3)16)12(6)22-23-18/h6,10-13,18H,5H2,1-4H3,(H,14,15)/t6?,10?,11-,12-,13-/m0/s1. The second-order valence-electron chi connectivity index (χ2n) is 5.18. The van der Waals surface area contributed by atoms with Gasteiger partial charge in [-0.1, -0.05) is 12.0 Å². The van der Waals surface area contributed by atoms with Crippen LogP contribution in [0.3, 0.4) is 0 Å². The summed E-state index contributed by atoms with van der Waals surface area (Å²) in [5.74, 6) is -2.02. The Morgan fingerprint density at radius 3 is 2.30 bits per heavy atom. The van der Waals surface area contributed by atoms with Gasteiger partial charge in [0.1, 0.15) is 18.8 Å². The highest BCUT2D eigenvalue weighted by Crippen LogP contribution is 2.29. The molecule has 0 aromatic rings. The minimum absolute atomic E-state index is 0.210. The van der Waals surface area contributed by atoms with E-state index in [0.29, 0.717) is 0 Å². The van der Waals surface area contributed by atoms with E-state index in [2.05, 4.69) is 10.4 Å². The summed E-state index contributed by atoms with van der Waals surface area (Å²) < 4.78 is 15.5. The average Bonchev–Trinajstić information content (AvgIpc) is 2.43. The molecular formula is C13H21NO9. The smallest absolute Gasteiger partial charge is 0.305 e. The van der Waals surface area contributed by atoms with Gasteiger partial charge < -0.3 is 19.5 Å². The van der Waals surface area contributed by atoms with Gasteiger partial charge in [-0.3, -0.25) is 14.4 Å². The Balaban J connectivity index is 2.97. The summed E-state index contributed by atoms with van der Waals surface area (Å²) in [6.07, 6.45) is -2.87. The Morgan fingerprint density at radius 2 is 1.83 bits per heavy atom. The SMILES string of the molecule is CC(=O)N[C@H]1C(C)[C@H](OOO)C(COC(C)=O)O[C@@H]1OC(C)=O. The number of carbonyl (C=O) groups is 3. The van der Waals surface area contributed by atoms with Gasteiger partial charge in [0, 0.05) is 26.7 Å². The summed E-state index contributed by atoms with van der Waals surface area (Å²) in [6, 6.07) is -0.745. The third-order valence-electron chi connectivity index (χ3n) is 3.31. The predicted molar refractivity (Wildman–Crippen MR) is 72.4 cm³/mol. The van der Waals surface area contributed by atoms with Crippen molar-refractivity contribution in [2.75, 3.05) is 6.61 Å². The molecule has 10 nitrogen and oxygen atoms in total. The lowest BCUT2D eigenvalue weighted by atomic mass is 9.88. The number of amides is 1. The Bertz CT molecular complexity index is 439. The Morgan fingerprint density at radius 1 is 1.17 bits per heavy atom. The molecule has 1 aliphatic heterocycles. The molecule has 0 aromatic carbocycles. The Hall–Kier alpha value is -1.75. The third kappa shape index (κ3) is 5.75. The molecule has 1 rings (SSSR count). The maximum Gasteiger partial charge on any atom is 0.305 e. The molecule has 2 unspecified atom stereocenters. The normalized spacial score (nSPS) is 30.4. The molecule has 10 heteroatoms. The summed E-state index contributed by atoms with van der Waals surface area (Å²) in [5.41, 5.74) is 0. The van der Waals surface area contributed by atoms with Crippen LogP contribution < -0.4 is 5.32 Å². The molecule has 0 spiro atoms. The summed E-state index contributed by atoms with van der Waals surface area (Å²) in [5, 5.41) is 14.9. The maximum atomic E-state index is 11.4. The number of esters is 2. The van der Waals surface area contributed by atoms with E-state index in [4.69, 9.17) is 24.4 Å². The van der Waals surface area contributed by atoms with Crippen molar-refractivity contribution < 1.29 is 43.8 Å². The summed E-state index contributed by atoms with van der Waals surface area (Å²) in [7, 11) is 0. The monoisotopic (exact) mass is 335 g/mol. The molecule has 23 heavy (non-hydrogen) atoms. The lowest BCUT2D eigenvalue weighted by Crippen LogP contribution is -2.62. The van der Waals surface area contributed by atoms with Crippen molar-refractivity contribution in [1.82, 2.24) is 5.32 Å². The highest BCUT2D eigenvalue weighted by Gasteiger charge is 2.47. The largest absolute Gasteiger partial charge is 0.463 e. The summed E-state index contributed by atoms with van der Waals surface area (Å²) in [4.78, 5) is 38.3. The van der Waals surface area contributed by atoms with Gasteiger partial charge in [-0.15, -0.1) is 0 Å². The van der Waals surface area contributed by atoms with Crippen molar-refractivity contribution in [3.8, 4) is 0 Å². The minimum atomic E-state index is -1.11. The molecular weight excluding hydrogens is 314 g/mol. The van der Waals surface area contributed by atoms with Crippen LogP contribution in [-0.4, -0.2) is 54.2 Å². The molecule has 1 fully saturated rings. The van der Waals surface area contributed by atoms with Gasteiger partial charge in [-0.05, 0) is 0 Å². The lowest BCUT2D eigenvalue weighted by molar-refractivity contribution is -0.521. The highest BCUT2D eigenvalue weighted by atomic mass is 17.5. The zero-order valence-electron chi connectivity index (χ0n) is 13.3. The van der Waals surface area contributed by atoms with Crippen molar-refractivity contribution in [2.24, 2.45) is 5.92 Å². The molecule has 2 N–H and O–H groups in total. The number of carbonyl (C=O) groups excluding carboxylic acids is 3. The van der Waals surface area contributed by atoms with Gasteiger partial charge in [-0.2, -0.15) is 4.89 Å². The van der Waals surface area contributed by atoms with E-state index in [9.17, 15) is 14.4 Å². The molecule has 1 heterocycles. The van der Waals surface area contributed by atoms with Crippen molar-refractivity contribution in [3.05, 3.63) is 0 Å².